The van der Waals surface area contributed by atoms with Crippen molar-refractivity contribution in [2.24, 2.45) is 28.6 Å². The first kappa shape index (κ1) is 14.8. The van der Waals surface area contributed by atoms with Crippen LogP contribution in [-0.4, -0.2) is 11.2 Å². The molecule has 3 unspecified atom stereocenters. The second kappa shape index (κ2) is 4.84. The van der Waals surface area contributed by atoms with Crippen molar-refractivity contribution in [1.82, 2.24) is 0 Å². The van der Waals surface area contributed by atoms with Gasteiger partial charge in [-0.1, -0.05) is 44.2 Å². The summed E-state index contributed by atoms with van der Waals surface area (Å²) in [7, 11) is 0. The second-order valence-electron chi connectivity index (χ2n) is 8.69. The molecule has 0 amide bonds. The molecule has 0 aromatic rings. The summed E-state index contributed by atoms with van der Waals surface area (Å²) in [5.74, 6) is 2.52. The third kappa shape index (κ3) is 1.81. The summed E-state index contributed by atoms with van der Waals surface area (Å²) in [6, 6.07) is 0. The predicted octanol–water partition coefficient (Wildman–Crippen LogP) is 5.03. The van der Waals surface area contributed by atoms with Crippen LogP contribution in [0.2, 0.25) is 0 Å². The van der Waals surface area contributed by atoms with Gasteiger partial charge < -0.3 is 5.11 Å². The van der Waals surface area contributed by atoms with Crippen molar-refractivity contribution in [2.75, 3.05) is 0 Å². The molecule has 0 bridgehead atoms. The molecule has 4 aliphatic rings. The lowest BCUT2D eigenvalue weighted by atomic mass is 9.47. The van der Waals surface area contributed by atoms with Crippen molar-refractivity contribution in [3.63, 3.8) is 0 Å². The van der Waals surface area contributed by atoms with Gasteiger partial charge >= 0.3 is 0 Å². The molecule has 1 N–H and O–H groups in total. The SMILES string of the molecule is C=CC1=CCC2C3CCC4=C[C@H](O)CC[C@]4(C)C3CC[C@]12C. The Balaban J connectivity index is 1.67. The fourth-order valence-corrected chi connectivity index (χ4v) is 6.63. The second-order valence-corrected chi connectivity index (χ2v) is 8.69. The smallest absolute Gasteiger partial charge is 0.0724 e. The average Bonchev–Trinajstić information content (AvgIpc) is 2.84. The van der Waals surface area contributed by atoms with E-state index in [0.29, 0.717) is 10.8 Å². The van der Waals surface area contributed by atoms with E-state index in [9.17, 15) is 5.11 Å². The van der Waals surface area contributed by atoms with Crippen LogP contribution in [0, 0.1) is 28.6 Å². The van der Waals surface area contributed by atoms with Gasteiger partial charge in [-0.2, -0.15) is 0 Å². The van der Waals surface area contributed by atoms with Gasteiger partial charge in [-0.15, -0.1) is 0 Å². The minimum atomic E-state index is -0.186. The summed E-state index contributed by atoms with van der Waals surface area (Å²) in [5.41, 5.74) is 3.84. The first-order chi connectivity index (χ1) is 10.5. The molecule has 6 atom stereocenters. The van der Waals surface area contributed by atoms with Gasteiger partial charge in [0.1, 0.15) is 0 Å². The van der Waals surface area contributed by atoms with Crippen molar-refractivity contribution in [2.45, 2.75) is 64.9 Å². The number of rotatable bonds is 1. The Morgan fingerprint density at radius 3 is 2.68 bits per heavy atom. The third-order valence-corrected chi connectivity index (χ3v) is 7.95. The Morgan fingerprint density at radius 1 is 1.14 bits per heavy atom. The molecule has 1 nitrogen and oxygen atoms in total. The zero-order chi connectivity index (χ0) is 15.5. The number of hydrogen-bond acceptors (Lipinski definition) is 1. The Morgan fingerprint density at radius 2 is 1.91 bits per heavy atom. The van der Waals surface area contributed by atoms with E-state index >= 15 is 0 Å². The summed E-state index contributed by atoms with van der Waals surface area (Å²) in [5, 5.41) is 10.0. The Kier molecular flexibility index (Phi) is 3.24. The van der Waals surface area contributed by atoms with Gasteiger partial charge in [0.25, 0.3) is 0 Å². The van der Waals surface area contributed by atoms with Gasteiger partial charge in [0.15, 0.2) is 0 Å². The van der Waals surface area contributed by atoms with Crippen molar-refractivity contribution < 1.29 is 5.11 Å². The summed E-state index contributed by atoms with van der Waals surface area (Å²) in [6.07, 6.45) is 15.2. The molecule has 0 saturated heterocycles. The van der Waals surface area contributed by atoms with Crippen LogP contribution in [0.1, 0.15) is 58.8 Å². The van der Waals surface area contributed by atoms with Gasteiger partial charge in [0, 0.05) is 0 Å². The van der Waals surface area contributed by atoms with Crippen LogP contribution in [0.15, 0.2) is 36.0 Å². The highest BCUT2D eigenvalue weighted by Crippen LogP contribution is 2.65. The highest BCUT2D eigenvalue weighted by atomic mass is 16.3. The summed E-state index contributed by atoms with van der Waals surface area (Å²) in [4.78, 5) is 0. The lowest BCUT2D eigenvalue weighted by Crippen LogP contribution is -2.50. The molecule has 0 heterocycles. The standard InChI is InChI=1S/C21H30O/c1-4-14-6-8-18-17-7-5-15-13-16(22)9-11-21(15,3)19(17)10-12-20(14,18)2/h4,6,13,16-19,22H,1,5,7-12H2,2-3H3/t16-,17?,18?,19?,20-,21+/m1/s1. The van der Waals surface area contributed by atoms with Crippen molar-refractivity contribution >= 4 is 0 Å². The predicted molar refractivity (Wildman–Crippen MR) is 91.4 cm³/mol. The number of fused-ring (bicyclic) bond motifs is 5. The van der Waals surface area contributed by atoms with Crippen LogP contribution in [0.3, 0.4) is 0 Å². The molecule has 1 heteroatoms. The molecule has 0 aliphatic heterocycles. The van der Waals surface area contributed by atoms with Crippen molar-refractivity contribution in [3.8, 4) is 0 Å². The third-order valence-electron chi connectivity index (χ3n) is 7.95. The molecule has 2 fully saturated rings. The maximum absolute atomic E-state index is 10.0. The van der Waals surface area contributed by atoms with Crippen LogP contribution in [0.4, 0.5) is 0 Å². The van der Waals surface area contributed by atoms with Crippen molar-refractivity contribution in [1.29, 1.82) is 0 Å². The minimum absolute atomic E-state index is 0.186. The van der Waals surface area contributed by atoms with Gasteiger partial charge in [-0.3, -0.25) is 0 Å². The number of allylic oxidation sites excluding steroid dienone is 4. The molecular weight excluding hydrogens is 268 g/mol. The monoisotopic (exact) mass is 298 g/mol. The van der Waals surface area contributed by atoms with Crippen LogP contribution in [0.25, 0.3) is 0 Å². The molecule has 0 aromatic carbocycles. The Hall–Kier alpha value is -0.820. The van der Waals surface area contributed by atoms with Gasteiger partial charge in [0.05, 0.1) is 6.10 Å². The number of aliphatic hydroxyl groups excluding tert-OH is 1. The van der Waals surface area contributed by atoms with E-state index in [0.717, 1.165) is 24.2 Å². The highest BCUT2D eigenvalue weighted by Gasteiger charge is 2.56. The van der Waals surface area contributed by atoms with Crippen LogP contribution >= 0.6 is 0 Å². The molecule has 120 valence electrons. The molecule has 22 heavy (non-hydrogen) atoms. The first-order valence-corrected chi connectivity index (χ1v) is 9.21. The van der Waals surface area contributed by atoms with Crippen LogP contribution < -0.4 is 0 Å². The largest absolute Gasteiger partial charge is 0.389 e. The average molecular weight is 298 g/mol. The molecule has 0 aromatic heterocycles. The fraction of sp³-hybridized carbons (Fsp3) is 0.714. The zero-order valence-corrected chi connectivity index (χ0v) is 14.1. The molecule has 0 spiro atoms. The first-order valence-electron chi connectivity index (χ1n) is 9.21. The van der Waals surface area contributed by atoms with E-state index in [2.05, 4.69) is 38.7 Å². The maximum Gasteiger partial charge on any atom is 0.0724 e. The topological polar surface area (TPSA) is 20.2 Å². The fourth-order valence-electron chi connectivity index (χ4n) is 6.63. The van der Waals surface area contributed by atoms with Gasteiger partial charge in [-0.05, 0) is 79.1 Å². The van der Waals surface area contributed by atoms with Gasteiger partial charge in [-0.25, -0.2) is 0 Å². The molecule has 4 aliphatic carbocycles. The summed E-state index contributed by atoms with van der Waals surface area (Å²) >= 11 is 0. The maximum atomic E-state index is 10.0. The summed E-state index contributed by atoms with van der Waals surface area (Å²) < 4.78 is 0. The van der Waals surface area contributed by atoms with E-state index in [1.165, 1.54) is 44.1 Å². The Labute approximate surface area is 135 Å². The lowest BCUT2D eigenvalue weighted by molar-refractivity contribution is -0.0331. The van der Waals surface area contributed by atoms with Crippen LogP contribution in [0.5, 0.6) is 0 Å². The van der Waals surface area contributed by atoms with E-state index in [4.69, 9.17) is 0 Å². The normalized spacial score (nSPS) is 50.3. The van der Waals surface area contributed by atoms with E-state index < -0.39 is 0 Å². The lowest BCUT2D eigenvalue weighted by Gasteiger charge is -2.58. The van der Waals surface area contributed by atoms with E-state index in [-0.39, 0.29) is 6.10 Å². The quantitative estimate of drug-likeness (QED) is 0.673. The number of hydrogen-bond donors (Lipinski definition) is 1. The molecular formula is C21H30O. The molecule has 2 saturated carbocycles. The summed E-state index contributed by atoms with van der Waals surface area (Å²) in [6.45, 7) is 9.06. The highest BCUT2D eigenvalue weighted by molar-refractivity contribution is 5.34. The zero-order valence-electron chi connectivity index (χ0n) is 14.1. The number of aliphatic hydroxyl groups is 1. The van der Waals surface area contributed by atoms with E-state index in [1.54, 1.807) is 5.57 Å². The van der Waals surface area contributed by atoms with E-state index in [1.807, 2.05) is 0 Å². The van der Waals surface area contributed by atoms with Crippen molar-refractivity contribution in [3.05, 3.63) is 36.0 Å². The molecule has 4 rings (SSSR count). The Bertz CT molecular complexity index is 556. The minimum Gasteiger partial charge on any atom is -0.389 e. The van der Waals surface area contributed by atoms with Gasteiger partial charge in [0.2, 0.25) is 0 Å². The molecule has 0 radical (unpaired) electrons. The van der Waals surface area contributed by atoms with Crippen LogP contribution in [-0.2, 0) is 0 Å².